The van der Waals surface area contributed by atoms with Crippen LogP contribution < -0.4 is 15.4 Å². The van der Waals surface area contributed by atoms with Crippen molar-refractivity contribution in [1.29, 1.82) is 0 Å². The van der Waals surface area contributed by atoms with E-state index in [2.05, 4.69) is 25.7 Å². The first kappa shape index (κ1) is 20.1. The summed E-state index contributed by atoms with van der Waals surface area (Å²) in [5, 5.41) is 10.9. The van der Waals surface area contributed by atoms with Crippen molar-refractivity contribution in [2.45, 2.75) is 6.42 Å². The predicted molar refractivity (Wildman–Crippen MR) is 121 cm³/mol. The molecule has 5 rings (SSSR count). The fourth-order valence-electron chi connectivity index (χ4n) is 3.82. The van der Waals surface area contributed by atoms with Crippen LogP contribution in [0.5, 0.6) is 5.75 Å². The molecule has 4 aromatic rings. The van der Waals surface area contributed by atoms with Crippen LogP contribution in [0.25, 0.3) is 22.8 Å². The third kappa shape index (κ3) is 3.46. The van der Waals surface area contributed by atoms with Gasteiger partial charge in [0.05, 0.1) is 52.2 Å². The van der Waals surface area contributed by atoms with Crippen LogP contribution in [0.4, 0.5) is 11.4 Å². The molecule has 1 aliphatic heterocycles. The standard InChI is InChI=1S/C22H20ClN7O2/c1-30-11-12(10-26-30)21-24-8-7-15(29-21)18-19(17-14(27-18)6-9-25-22(17)31)28-16-5-3-4-13(23)20(16)32-2/h3-5,7-8,10-11,27-28H,6,9H2,1-2H3,(H,25,31). The van der Waals surface area contributed by atoms with E-state index in [1.165, 1.54) is 0 Å². The Morgan fingerprint density at radius 2 is 2.16 bits per heavy atom. The quantitative estimate of drug-likeness (QED) is 0.429. The summed E-state index contributed by atoms with van der Waals surface area (Å²) in [5.74, 6) is 0.878. The molecule has 1 aliphatic rings. The van der Waals surface area contributed by atoms with Crippen LogP contribution in [0.2, 0.25) is 5.02 Å². The number of aromatic amines is 1. The van der Waals surface area contributed by atoms with E-state index in [4.69, 9.17) is 21.3 Å². The Kier molecular flexibility index (Phi) is 5.02. The lowest BCUT2D eigenvalue weighted by Gasteiger charge is -2.16. The highest BCUT2D eigenvalue weighted by atomic mass is 35.5. The number of carbonyl (C=O) groups is 1. The third-order valence-corrected chi connectivity index (χ3v) is 5.57. The molecule has 3 N–H and O–H groups in total. The molecule has 32 heavy (non-hydrogen) atoms. The zero-order valence-electron chi connectivity index (χ0n) is 17.4. The highest BCUT2D eigenvalue weighted by molar-refractivity contribution is 6.32. The molecule has 0 atom stereocenters. The zero-order chi connectivity index (χ0) is 22.2. The Morgan fingerprint density at radius 1 is 1.28 bits per heavy atom. The Balaban J connectivity index is 1.66. The summed E-state index contributed by atoms with van der Waals surface area (Å²) >= 11 is 6.31. The average molecular weight is 450 g/mol. The van der Waals surface area contributed by atoms with E-state index in [-0.39, 0.29) is 5.91 Å². The first-order valence-electron chi connectivity index (χ1n) is 10.00. The number of nitrogens with one attached hydrogen (secondary N) is 3. The molecule has 162 valence electrons. The molecular weight excluding hydrogens is 430 g/mol. The van der Waals surface area contributed by atoms with Crippen LogP contribution in [0.1, 0.15) is 16.1 Å². The number of amides is 1. The molecule has 0 radical (unpaired) electrons. The largest absolute Gasteiger partial charge is 0.493 e. The molecule has 9 nitrogen and oxygen atoms in total. The number of ether oxygens (including phenoxy) is 1. The monoisotopic (exact) mass is 449 g/mol. The minimum Gasteiger partial charge on any atom is -0.493 e. The molecule has 0 saturated heterocycles. The van der Waals surface area contributed by atoms with Crippen LogP contribution in [-0.2, 0) is 13.5 Å². The number of rotatable bonds is 5. The number of aryl methyl sites for hydroxylation is 1. The van der Waals surface area contributed by atoms with E-state index in [9.17, 15) is 4.79 Å². The number of para-hydroxylation sites is 1. The lowest BCUT2D eigenvalue weighted by molar-refractivity contribution is 0.0947. The van der Waals surface area contributed by atoms with Crippen molar-refractivity contribution in [1.82, 2.24) is 30.0 Å². The Hall–Kier alpha value is -3.85. The number of methoxy groups -OCH3 is 1. The molecule has 10 heteroatoms. The van der Waals surface area contributed by atoms with E-state index in [0.717, 1.165) is 11.3 Å². The molecule has 0 unspecified atom stereocenters. The smallest absolute Gasteiger partial charge is 0.255 e. The predicted octanol–water partition coefficient (Wildman–Crippen LogP) is 3.56. The van der Waals surface area contributed by atoms with Crippen LogP contribution in [-0.4, -0.2) is 44.3 Å². The number of fused-ring (bicyclic) bond motifs is 1. The summed E-state index contributed by atoms with van der Waals surface area (Å²) in [6.45, 7) is 0.566. The second-order valence-corrected chi connectivity index (χ2v) is 7.76. The van der Waals surface area contributed by atoms with Gasteiger partial charge in [0.25, 0.3) is 5.91 Å². The minimum atomic E-state index is -0.154. The first-order valence-corrected chi connectivity index (χ1v) is 10.4. The number of aromatic nitrogens is 5. The van der Waals surface area contributed by atoms with Gasteiger partial charge in [-0.15, -0.1) is 0 Å². The van der Waals surface area contributed by atoms with Crippen molar-refractivity contribution in [2.75, 3.05) is 19.0 Å². The molecule has 0 aliphatic carbocycles. The van der Waals surface area contributed by atoms with Gasteiger partial charge in [-0.3, -0.25) is 9.48 Å². The van der Waals surface area contributed by atoms with Crippen molar-refractivity contribution in [3.63, 3.8) is 0 Å². The Morgan fingerprint density at radius 3 is 2.94 bits per heavy atom. The molecule has 1 amide bonds. The number of anilines is 2. The number of hydrogen-bond acceptors (Lipinski definition) is 6. The maximum absolute atomic E-state index is 12.8. The number of halogens is 1. The normalized spacial score (nSPS) is 12.9. The number of carbonyl (C=O) groups excluding carboxylic acids is 1. The van der Waals surface area contributed by atoms with Gasteiger partial charge in [0, 0.05) is 38.1 Å². The van der Waals surface area contributed by atoms with Gasteiger partial charge in [0.2, 0.25) is 0 Å². The molecule has 3 aromatic heterocycles. The van der Waals surface area contributed by atoms with Gasteiger partial charge in [0.15, 0.2) is 11.6 Å². The highest BCUT2D eigenvalue weighted by Crippen LogP contribution is 2.40. The fourth-order valence-corrected chi connectivity index (χ4v) is 4.07. The summed E-state index contributed by atoms with van der Waals surface area (Å²) in [4.78, 5) is 25.3. The molecule has 0 spiro atoms. The van der Waals surface area contributed by atoms with Gasteiger partial charge in [-0.05, 0) is 18.2 Å². The zero-order valence-corrected chi connectivity index (χ0v) is 18.2. The lowest BCUT2D eigenvalue weighted by atomic mass is 10.1. The first-order chi connectivity index (χ1) is 15.5. The Bertz CT molecular complexity index is 1330. The van der Waals surface area contributed by atoms with Gasteiger partial charge in [-0.25, -0.2) is 9.97 Å². The number of hydrogen-bond donors (Lipinski definition) is 3. The fraction of sp³-hybridized carbons (Fsp3) is 0.182. The number of H-pyrrole nitrogens is 1. The summed E-state index contributed by atoms with van der Waals surface area (Å²) in [6, 6.07) is 7.21. The molecule has 4 heterocycles. The summed E-state index contributed by atoms with van der Waals surface area (Å²) in [7, 11) is 3.39. The van der Waals surface area contributed by atoms with Gasteiger partial charge in [0.1, 0.15) is 0 Å². The maximum Gasteiger partial charge on any atom is 0.255 e. The van der Waals surface area contributed by atoms with Gasteiger partial charge in [-0.2, -0.15) is 5.10 Å². The van der Waals surface area contributed by atoms with Crippen molar-refractivity contribution < 1.29 is 9.53 Å². The van der Waals surface area contributed by atoms with E-state index < -0.39 is 0 Å². The summed E-state index contributed by atoms with van der Waals surface area (Å²) in [6.07, 6.45) is 5.93. The van der Waals surface area contributed by atoms with E-state index in [1.54, 1.807) is 36.3 Å². The molecule has 1 aromatic carbocycles. The number of benzene rings is 1. The van der Waals surface area contributed by atoms with Crippen LogP contribution in [0, 0.1) is 0 Å². The van der Waals surface area contributed by atoms with E-state index in [1.807, 2.05) is 25.4 Å². The van der Waals surface area contributed by atoms with Crippen LogP contribution in [0.15, 0.2) is 42.9 Å². The highest BCUT2D eigenvalue weighted by Gasteiger charge is 2.28. The SMILES string of the molecule is COc1c(Cl)cccc1Nc1c(-c2ccnc(-c3cnn(C)c3)n2)[nH]c2c1C(=O)NCC2. The molecule has 0 saturated carbocycles. The summed E-state index contributed by atoms with van der Waals surface area (Å²) in [5.41, 5.74) is 4.76. The van der Waals surface area contributed by atoms with E-state index in [0.29, 0.717) is 57.9 Å². The van der Waals surface area contributed by atoms with Crippen molar-refractivity contribution in [3.8, 4) is 28.5 Å². The lowest BCUT2D eigenvalue weighted by Crippen LogP contribution is -2.31. The van der Waals surface area contributed by atoms with Crippen molar-refractivity contribution in [2.24, 2.45) is 7.05 Å². The average Bonchev–Trinajstić information content (AvgIpc) is 3.39. The third-order valence-electron chi connectivity index (χ3n) is 5.27. The minimum absolute atomic E-state index is 0.154. The van der Waals surface area contributed by atoms with Gasteiger partial charge in [-0.1, -0.05) is 17.7 Å². The topological polar surface area (TPSA) is 110 Å². The van der Waals surface area contributed by atoms with Crippen LogP contribution in [0.3, 0.4) is 0 Å². The van der Waals surface area contributed by atoms with Gasteiger partial charge < -0.3 is 20.4 Å². The van der Waals surface area contributed by atoms with Crippen LogP contribution >= 0.6 is 11.6 Å². The molecule has 0 fully saturated rings. The number of nitrogens with zero attached hydrogens (tertiary/aromatic N) is 4. The maximum atomic E-state index is 12.8. The Labute approximate surface area is 188 Å². The van der Waals surface area contributed by atoms with Crippen molar-refractivity contribution in [3.05, 3.63) is 59.1 Å². The second-order valence-electron chi connectivity index (χ2n) is 7.35. The van der Waals surface area contributed by atoms with Crippen molar-refractivity contribution >= 4 is 28.9 Å². The van der Waals surface area contributed by atoms with E-state index >= 15 is 0 Å². The summed E-state index contributed by atoms with van der Waals surface area (Å²) < 4.78 is 7.18. The molecule has 0 bridgehead atoms. The van der Waals surface area contributed by atoms with Gasteiger partial charge >= 0.3 is 0 Å². The second kappa shape index (κ2) is 8.01. The molecular formula is C22H20ClN7O2.